The number of allylic oxidation sites excluding steroid dienone is 1. The van der Waals surface area contributed by atoms with Crippen molar-refractivity contribution in [3.63, 3.8) is 0 Å². The van der Waals surface area contributed by atoms with Crippen LogP contribution in [-0.2, 0) is 14.8 Å². The molecule has 7 rings (SSSR count). The smallest absolute Gasteiger partial charge is 0.293 e. The Labute approximate surface area is 349 Å². The van der Waals surface area contributed by atoms with Gasteiger partial charge < -0.3 is 15.0 Å². The van der Waals surface area contributed by atoms with Crippen molar-refractivity contribution < 1.29 is 22.9 Å². The molecule has 0 radical (unpaired) electrons. The molecule has 58 heavy (non-hydrogen) atoms. The Morgan fingerprint density at radius 3 is 2.28 bits per heavy atom. The number of carbonyl (C=O) groups excluding carboxylic acids is 1. The fourth-order valence-electron chi connectivity index (χ4n) is 7.76. The van der Waals surface area contributed by atoms with Crippen LogP contribution in [0.3, 0.4) is 0 Å². The molecule has 4 aromatic carbocycles. The number of morpholine rings is 1. The van der Waals surface area contributed by atoms with Gasteiger partial charge in [0.05, 0.1) is 23.0 Å². The molecule has 1 amide bonds. The summed E-state index contributed by atoms with van der Waals surface area (Å²) in [6.45, 7) is 7.76. The maximum Gasteiger partial charge on any atom is 0.293 e. The topological polar surface area (TPSA) is 137 Å². The summed E-state index contributed by atoms with van der Waals surface area (Å²) >= 11 is 7.79. The van der Waals surface area contributed by atoms with E-state index >= 15 is 0 Å². The van der Waals surface area contributed by atoms with Crippen molar-refractivity contribution in [1.82, 2.24) is 14.5 Å². The number of benzene rings is 4. The van der Waals surface area contributed by atoms with Crippen LogP contribution in [0.2, 0.25) is 5.02 Å². The number of thioether (sulfide) groups is 1. The minimum absolute atomic E-state index is 0.166. The first-order chi connectivity index (χ1) is 28.1. The molecule has 1 aliphatic carbocycles. The lowest BCUT2D eigenvalue weighted by Gasteiger charge is -2.37. The zero-order chi connectivity index (χ0) is 40.5. The number of rotatable bonds is 15. The van der Waals surface area contributed by atoms with Gasteiger partial charge in [-0.1, -0.05) is 47.5 Å². The molecule has 306 valence electrons. The largest absolute Gasteiger partial charge is 0.379 e. The van der Waals surface area contributed by atoms with Crippen molar-refractivity contribution in [2.75, 3.05) is 81.5 Å². The number of anilines is 2. The summed E-state index contributed by atoms with van der Waals surface area (Å²) in [4.78, 5) is 32.6. The van der Waals surface area contributed by atoms with Crippen LogP contribution in [-0.4, -0.2) is 106 Å². The van der Waals surface area contributed by atoms with Gasteiger partial charge in [0, 0.05) is 91.4 Å². The van der Waals surface area contributed by atoms with Crippen molar-refractivity contribution >= 4 is 61.9 Å². The monoisotopic (exact) mass is 844 g/mol. The van der Waals surface area contributed by atoms with Crippen molar-refractivity contribution in [2.24, 2.45) is 0 Å². The number of nitro groups is 1. The molecular weight excluding hydrogens is 796 g/mol. The van der Waals surface area contributed by atoms with Gasteiger partial charge in [0.2, 0.25) is 0 Å². The Hall–Kier alpha value is -4.44. The molecular formula is C43H49ClN6O6S2. The van der Waals surface area contributed by atoms with Crippen molar-refractivity contribution in [1.29, 1.82) is 0 Å². The second-order valence-corrected chi connectivity index (χ2v) is 18.1. The number of carbonyl (C=O) groups is 1. The summed E-state index contributed by atoms with van der Waals surface area (Å²) in [6, 6.07) is 28.4. The number of nitro benzene ring substituents is 1. The highest BCUT2D eigenvalue weighted by Gasteiger charge is 2.27. The Bertz CT molecular complexity index is 2180. The van der Waals surface area contributed by atoms with Gasteiger partial charge in [0.25, 0.3) is 21.6 Å². The molecule has 0 aromatic heterocycles. The van der Waals surface area contributed by atoms with Gasteiger partial charge >= 0.3 is 0 Å². The highest BCUT2D eigenvalue weighted by molar-refractivity contribution is 7.99. The SMILES string of the molecule is O=C(NS(=O)(=O)c1ccc(N[C@@H](CSc2ccccc2)CN2CCOCC2)c([N+](=O)[O-])c1)c1ccc(N2CCN(CC3=C(c4ccc(Cl)cc4)CCCC3)CC2)cc1. The summed E-state index contributed by atoms with van der Waals surface area (Å²) < 4.78 is 34.5. The molecule has 0 unspecified atom stereocenters. The predicted octanol–water partition coefficient (Wildman–Crippen LogP) is 7.42. The van der Waals surface area contributed by atoms with Crippen LogP contribution in [0.25, 0.3) is 5.57 Å². The molecule has 2 N–H and O–H groups in total. The van der Waals surface area contributed by atoms with Gasteiger partial charge in [-0.25, -0.2) is 13.1 Å². The standard InChI is InChI=1S/C43H49ClN6O6S2/c44-35-14-10-32(11-15-35)40-9-5-4-6-34(40)29-47-20-22-49(23-21-47)37-16-12-33(13-17-37)43(51)46-58(54,55)39-18-19-41(42(28-39)50(52)53)45-36(30-48-24-26-56-27-25-48)31-57-38-7-2-1-3-8-38/h1-3,7-8,10-19,28,36,45H,4-6,9,20-27,29-31H2,(H,46,51)/t36-/m1/s1. The first-order valence-electron chi connectivity index (χ1n) is 19.8. The molecule has 1 atom stereocenters. The number of sulfonamides is 1. The van der Waals surface area contributed by atoms with Crippen LogP contribution >= 0.6 is 23.4 Å². The lowest BCUT2D eigenvalue weighted by Crippen LogP contribution is -2.47. The molecule has 0 spiro atoms. The van der Waals surface area contributed by atoms with E-state index in [1.54, 1.807) is 23.9 Å². The van der Waals surface area contributed by atoms with Gasteiger partial charge in [0.15, 0.2) is 0 Å². The first kappa shape index (κ1) is 41.7. The molecule has 0 bridgehead atoms. The van der Waals surface area contributed by atoms with E-state index in [2.05, 4.69) is 36.9 Å². The Balaban J connectivity index is 0.961. The average molecular weight is 845 g/mol. The summed E-state index contributed by atoms with van der Waals surface area (Å²) in [5.41, 5.74) is 5.15. The number of nitrogens with zero attached hydrogens (tertiary/aromatic N) is 4. The molecule has 2 heterocycles. The van der Waals surface area contributed by atoms with Crippen LogP contribution in [0.15, 0.2) is 112 Å². The highest BCUT2D eigenvalue weighted by Crippen LogP contribution is 2.34. The third kappa shape index (κ3) is 11.0. The highest BCUT2D eigenvalue weighted by atomic mass is 35.5. The normalized spacial score (nSPS) is 17.5. The van der Waals surface area contributed by atoms with E-state index in [4.69, 9.17) is 16.3 Å². The zero-order valence-corrected chi connectivity index (χ0v) is 34.7. The molecule has 4 aromatic rings. The van der Waals surface area contributed by atoms with E-state index in [0.29, 0.717) is 25.5 Å². The molecule has 12 nitrogen and oxygen atoms in total. The van der Waals surface area contributed by atoms with Crippen molar-refractivity contribution in [2.45, 2.75) is 41.5 Å². The van der Waals surface area contributed by atoms with Gasteiger partial charge in [-0.15, -0.1) is 11.8 Å². The van der Waals surface area contributed by atoms with E-state index in [1.165, 1.54) is 41.7 Å². The summed E-state index contributed by atoms with van der Waals surface area (Å²) in [7, 11) is -4.43. The minimum Gasteiger partial charge on any atom is -0.379 e. The molecule has 3 aliphatic rings. The van der Waals surface area contributed by atoms with Crippen LogP contribution < -0.4 is 14.9 Å². The quantitative estimate of drug-likeness (QED) is 0.0703. The molecule has 2 fully saturated rings. The maximum atomic E-state index is 13.4. The lowest BCUT2D eigenvalue weighted by molar-refractivity contribution is -0.384. The second kappa shape index (κ2) is 19.5. The van der Waals surface area contributed by atoms with Crippen molar-refractivity contribution in [3.8, 4) is 0 Å². The Kier molecular flexibility index (Phi) is 14.1. The Morgan fingerprint density at radius 1 is 0.862 bits per heavy atom. The van der Waals surface area contributed by atoms with E-state index < -0.39 is 26.5 Å². The maximum absolute atomic E-state index is 13.4. The molecule has 2 aliphatic heterocycles. The van der Waals surface area contributed by atoms with Crippen LogP contribution in [0.4, 0.5) is 17.1 Å². The number of hydrogen-bond donors (Lipinski definition) is 2. The van der Waals surface area contributed by atoms with Crippen LogP contribution in [0, 0.1) is 10.1 Å². The number of halogens is 1. The molecule has 0 saturated carbocycles. The predicted molar refractivity (Wildman–Crippen MR) is 232 cm³/mol. The van der Waals surface area contributed by atoms with E-state index in [-0.39, 0.29) is 22.2 Å². The van der Waals surface area contributed by atoms with Gasteiger partial charge in [-0.2, -0.15) is 0 Å². The van der Waals surface area contributed by atoms with Crippen molar-refractivity contribution in [3.05, 3.63) is 129 Å². The lowest BCUT2D eigenvalue weighted by atomic mass is 9.87. The van der Waals surface area contributed by atoms with Crippen LogP contribution in [0.5, 0.6) is 0 Å². The first-order valence-corrected chi connectivity index (χ1v) is 22.6. The summed E-state index contributed by atoms with van der Waals surface area (Å²) in [6.07, 6.45) is 4.62. The number of hydrogen-bond acceptors (Lipinski definition) is 11. The fourth-order valence-corrected chi connectivity index (χ4v) is 9.81. The zero-order valence-electron chi connectivity index (χ0n) is 32.4. The number of piperazine rings is 1. The second-order valence-electron chi connectivity index (χ2n) is 14.9. The fraction of sp³-hybridized carbons (Fsp3) is 0.372. The summed E-state index contributed by atoms with van der Waals surface area (Å²) in [5.74, 6) is -0.198. The number of nitrogens with one attached hydrogen (secondary N) is 2. The van der Waals surface area contributed by atoms with E-state index in [9.17, 15) is 23.3 Å². The van der Waals surface area contributed by atoms with Crippen LogP contribution in [0.1, 0.15) is 41.6 Å². The van der Waals surface area contributed by atoms with Gasteiger partial charge in [-0.05, 0) is 97.5 Å². The average Bonchev–Trinajstić information content (AvgIpc) is 3.24. The van der Waals surface area contributed by atoms with E-state index in [1.807, 2.05) is 54.6 Å². The van der Waals surface area contributed by atoms with E-state index in [0.717, 1.165) is 80.3 Å². The van der Waals surface area contributed by atoms with Gasteiger partial charge in [-0.3, -0.25) is 24.7 Å². The summed E-state index contributed by atoms with van der Waals surface area (Å²) in [5, 5.41) is 16.3. The Morgan fingerprint density at radius 2 is 1.57 bits per heavy atom. The van der Waals surface area contributed by atoms with Gasteiger partial charge in [0.1, 0.15) is 5.69 Å². The molecule has 2 saturated heterocycles. The number of amides is 1. The third-order valence-electron chi connectivity index (χ3n) is 10.9. The minimum atomic E-state index is -4.43. The number of ether oxygens (including phenoxy) is 1. The third-order valence-corrected chi connectivity index (χ3v) is 13.7. The molecule has 15 heteroatoms.